The summed E-state index contributed by atoms with van der Waals surface area (Å²) < 4.78 is 31.6. The van der Waals surface area contributed by atoms with Crippen LogP contribution in [0.15, 0.2) is 60.4 Å². The van der Waals surface area contributed by atoms with E-state index in [4.69, 9.17) is 0 Å². The molecule has 0 aliphatic carbocycles. The number of aromatic nitrogens is 1. The Morgan fingerprint density at radius 2 is 1.95 bits per heavy atom. The van der Waals surface area contributed by atoms with Gasteiger partial charge in [-0.25, -0.2) is 0 Å². The zero-order valence-corrected chi connectivity index (χ0v) is 12.2. The number of allylic oxidation sites excluding steroid dienone is 2. The van der Waals surface area contributed by atoms with Gasteiger partial charge in [-0.2, -0.15) is 0 Å². The van der Waals surface area contributed by atoms with Gasteiger partial charge in [-0.15, -0.1) is 0 Å². The molecular formula is C17H15BF2N2. The van der Waals surface area contributed by atoms with Gasteiger partial charge in [0.2, 0.25) is 0 Å². The maximum absolute atomic E-state index is 14.7. The molecule has 0 saturated carbocycles. The molecule has 1 aromatic carbocycles. The van der Waals surface area contributed by atoms with E-state index in [0.717, 1.165) is 32.1 Å². The molecule has 0 spiro atoms. The molecule has 0 radical (unpaired) electrons. The van der Waals surface area contributed by atoms with Gasteiger partial charge in [-0.1, -0.05) is 31.2 Å². The lowest BCUT2D eigenvalue weighted by atomic mass is 9.85. The molecule has 22 heavy (non-hydrogen) atoms. The van der Waals surface area contributed by atoms with Crippen molar-refractivity contribution in [3.63, 3.8) is 0 Å². The van der Waals surface area contributed by atoms with Crippen LogP contribution in [-0.2, 0) is 6.42 Å². The largest absolute Gasteiger partial charge is 0.737 e. The molecule has 110 valence electrons. The average molecular weight is 296 g/mol. The molecule has 0 amide bonds. The molecule has 2 nitrogen and oxygen atoms in total. The Bertz CT molecular complexity index is 859. The second-order valence-corrected chi connectivity index (χ2v) is 5.58. The van der Waals surface area contributed by atoms with Gasteiger partial charge in [0.1, 0.15) is 6.21 Å². The predicted molar refractivity (Wildman–Crippen MR) is 85.1 cm³/mol. The lowest BCUT2D eigenvalue weighted by Crippen LogP contribution is -2.49. The first kappa shape index (κ1) is 13.3. The first-order chi connectivity index (χ1) is 10.6. The zero-order chi connectivity index (χ0) is 15.3. The van der Waals surface area contributed by atoms with Crippen molar-refractivity contribution in [2.24, 2.45) is 0 Å². The Morgan fingerprint density at radius 3 is 2.77 bits per heavy atom. The standard InChI is InChI=1S/C17H15BF2N2/c1-2-13-7-3-4-8-14(13)17-15-9-5-11-21(15)18(19,20)22-12-6-10-16(17)22/h3-12H,2H2,1H3. The summed E-state index contributed by atoms with van der Waals surface area (Å²) in [7, 11) is 0. The number of hydrogen-bond donors (Lipinski definition) is 0. The summed E-state index contributed by atoms with van der Waals surface area (Å²) in [6.45, 7) is -1.74. The molecule has 4 rings (SSSR count). The third-order valence-electron chi connectivity index (χ3n) is 4.41. The average Bonchev–Trinajstić information content (AvgIpc) is 3.18. The van der Waals surface area contributed by atoms with E-state index >= 15 is 0 Å². The summed E-state index contributed by atoms with van der Waals surface area (Å²) in [6, 6.07) is 11.5. The summed E-state index contributed by atoms with van der Waals surface area (Å²) in [5.74, 6) is 0. The number of nitrogens with zero attached hydrogens (tertiary/aromatic N) is 2. The van der Waals surface area contributed by atoms with Crippen molar-refractivity contribution >= 4 is 18.8 Å². The highest BCUT2D eigenvalue weighted by Crippen LogP contribution is 2.39. The van der Waals surface area contributed by atoms with Crippen LogP contribution in [0.3, 0.4) is 0 Å². The molecule has 5 heteroatoms. The number of halogens is 2. The maximum atomic E-state index is 14.7. The Hall–Kier alpha value is -2.43. The van der Waals surface area contributed by atoms with Crippen molar-refractivity contribution in [3.05, 3.63) is 77.3 Å². The molecule has 3 heterocycles. The van der Waals surface area contributed by atoms with Crippen LogP contribution >= 0.6 is 0 Å². The van der Waals surface area contributed by atoms with E-state index in [9.17, 15) is 8.63 Å². The minimum atomic E-state index is -3.82. The second kappa shape index (κ2) is 4.53. The van der Waals surface area contributed by atoms with Crippen LogP contribution in [-0.4, -0.2) is 22.1 Å². The lowest BCUT2D eigenvalue weighted by molar-refractivity contribution is -0.356. The van der Waals surface area contributed by atoms with Gasteiger partial charge in [-0.3, -0.25) is 0 Å². The smallest absolute Gasteiger partial charge is 0.396 e. The fourth-order valence-corrected chi connectivity index (χ4v) is 3.37. The van der Waals surface area contributed by atoms with Crippen molar-refractivity contribution in [2.75, 3.05) is 0 Å². The third-order valence-corrected chi connectivity index (χ3v) is 4.41. The van der Waals surface area contributed by atoms with Gasteiger partial charge in [0.05, 0.1) is 5.57 Å². The summed E-state index contributed by atoms with van der Waals surface area (Å²) in [5, 5.41) is 0. The molecule has 2 aliphatic rings. The van der Waals surface area contributed by atoms with Gasteiger partial charge in [0, 0.05) is 17.8 Å². The number of aryl methyl sites for hydroxylation is 1. The Balaban J connectivity index is 2.07. The summed E-state index contributed by atoms with van der Waals surface area (Å²) in [5.41, 5.74) is 4.22. The van der Waals surface area contributed by atoms with Crippen molar-refractivity contribution in [3.8, 4) is 0 Å². The van der Waals surface area contributed by atoms with Crippen molar-refractivity contribution in [1.29, 1.82) is 0 Å². The predicted octanol–water partition coefficient (Wildman–Crippen LogP) is 3.70. The van der Waals surface area contributed by atoms with Crippen LogP contribution in [0, 0.1) is 0 Å². The normalized spacial score (nSPS) is 18.2. The Labute approximate surface area is 127 Å². The molecule has 0 N–H and O–H groups in total. The molecule has 0 unspecified atom stereocenters. The molecule has 2 aromatic rings. The van der Waals surface area contributed by atoms with Crippen LogP contribution in [0.25, 0.3) is 5.57 Å². The van der Waals surface area contributed by atoms with Crippen LogP contribution in [0.2, 0.25) is 0 Å². The number of benzene rings is 1. The number of rotatable bonds is 2. The van der Waals surface area contributed by atoms with Crippen molar-refractivity contribution in [2.45, 2.75) is 13.3 Å². The van der Waals surface area contributed by atoms with Crippen molar-refractivity contribution in [1.82, 2.24) is 4.48 Å². The minimum Gasteiger partial charge on any atom is -0.396 e. The fraction of sp³-hybridized carbons (Fsp3) is 0.118. The van der Waals surface area contributed by atoms with E-state index in [1.54, 1.807) is 24.3 Å². The van der Waals surface area contributed by atoms with Gasteiger partial charge >= 0.3 is 6.97 Å². The molecule has 0 bridgehead atoms. The Kier molecular flexibility index (Phi) is 2.73. The van der Waals surface area contributed by atoms with E-state index in [1.165, 1.54) is 12.4 Å². The van der Waals surface area contributed by atoms with Gasteiger partial charge in [-0.05, 0) is 35.9 Å². The molecule has 0 saturated heterocycles. The first-order valence-corrected chi connectivity index (χ1v) is 7.47. The summed E-state index contributed by atoms with van der Waals surface area (Å²) in [4.78, 5) is 0. The molecule has 1 aromatic heterocycles. The molecule has 0 atom stereocenters. The fourth-order valence-electron chi connectivity index (χ4n) is 3.37. The number of hydrogen-bond acceptors (Lipinski definition) is 0. The third kappa shape index (κ3) is 1.62. The minimum absolute atomic E-state index is 0.581. The van der Waals surface area contributed by atoms with Crippen molar-refractivity contribution < 1.29 is 13.1 Å². The summed E-state index contributed by atoms with van der Waals surface area (Å²) in [6.07, 6.45) is 7.25. The van der Waals surface area contributed by atoms with E-state index in [0.29, 0.717) is 11.4 Å². The SMILES string of the molecule is CCc1ccccc1C1=C2C=CC=[N+]2[B-](F)(F)n2cccc21. The lowest BCUT2D eigenvalue weighted by Gasteiger charge is -2.31. The van der Waals surface area contributed by atoms with Crippen LogP contribution in [0.4, 0.5) is 8.63 Å². The van der Waals surface area contributed by atoms with E-state index in [2.05, 4.69) is 13.0 Å². The molecular weight excluding hydrogens is 281 g/mol. The first-order valence-electron chi connectivity index (χ1n) is 7.47. The van der Waals surface area contributed by atoms with E-state index in [-0.39, 0.29) is 0 Å². The highest BCUT2D eigenvalue weighted by molar-refractivity contribution is 6.57. The maximum Gasteiger partial charge on any atom is 0.737 e. The molecule has 2 aliphatic heterocycles. The zero-order valence-electron chi connectivity index (χ0n) is 12.2. The van der Waals surface area contributed by atoms with E-state index in [1.807, 2.05) is 18.2 Å². The van der Waals surface area contributed by atoms with Gasteiger partial charge in [0.15, 0.2) is 5.70 Å². The summed E-state index contributed by atoms with van der Waals surface area (Å²) >= 11 is 0. The quantitative estimate of drug-likeness (QED) is 0.747. The van der Waals surface area contributed by atoms with Gasteiger partial charge < -0.3 is 17.6 Å². The van der Waals surface area contributed by atoms with Crippen LogP contribution in [0.5, 0.6) is 0 Å². The van der Waals surface area contributed by atoms with Crippen LogP contribution < -0.4 is 0 Å². The van der Waals surface area contributed by atoms with Gasteiger partial charge in [0.25, 0.3) is 0 Å². The highest BCUT2D eigenvalue weighted by Gasteiger charge is 2.51. The van der Waals surface area contributed by atoms with Crippen LogP contribution in [0.1, 0.15) is 23.7 Å². The topological polar surface area (TPSA) is 7.94 Å². The van der Waals surface area contributed by atoms with E-state index < -0.39 is 6.97 Å². The monoisotopic (exact) mass is 296 g/mol. The number of fused-ring (bicyclic) bond motifs is 2. The molecule has 0 fully saturated rings. The second-order valence-electron chi connectivity index (χ2n) is 5.58. The Morgan fingerprint density at radius 1 is 1.14 bits per heavy atom. The highest BCUT2D eigenvalue weighted by atomic mass is 19.2.